The van der Waals surface area contributed by atoms with E-state index in [-0.39, 0.29) is 12.6 Å². The van der Waals surface area contributed by atoms with Crippen LogP contribution in [-0.2, 0) is 4.79 Å². The van der Waals surface area contributed by atoms with E-state index in [0.29, 0.717) is 30.8 Å². The Labute approximate surface area is 123 Å². The molecule has 1 fully saturated rings. The molecule has 6 heteroatoms. The van der Waals surface area contributed by atoms with E-state index >= 15 is 0 Å². The lowest BCUT2D eigenvalue weighted by Gasteiger charge is -2.34. The summed E-state index contributed by atoms with van der Waals surface area (Å²) in [5, 5.41) is 9.10. The fourth-order valence-electron chi connectivity index (χ4n) is 2.57. The van der Waals surface area contributed by atoms with Crippen molar-refractivity contribution >= 4 is 17.7 Å². The van der Waals surface area contributed by atoms with Gasteiger partial charge < -0.3 is 14.7 Å². The summed E-state index contributed by atoms with van der Waals surface area (Å²) in [4.78, 5) is 26.7. The molecule has 0 bridgehead atoms. The second-order valence-electron chi connectivity index (χ2n) is 5.14. The first-order valence-electron chi connectivity index (χ1n) is 6.93. The van der Waals surface area contributed by atoms with Crippen molar-refractivity contribution in [2.24, 2.45) is 5.92 Å². The number of para-hydroxylation sites is 2. The van der Waals surface area contributed by atoms with Crippen LogP contribution in [0.25, 0.3) is 0 Å². The highest BCUT2D eigenvalue weighted by Crippen LogP contribution is 2.28. The summed E-state index contributed by atoms with van der Waals surface area (Å²) in [6.45, 7) is 0.843. The van der Waals surface area contributed by atoms with Crippen molar-refractivity contribution in [3.8, 4) is 5.75 Å². The lowest BCUT2D eigenvalue weighted by molar-refractivity contribution is -0.143. The van der Waals surface area contributed by atoms with Crippen LogP contribution in [0.5, 0.6) is 5.75 Å². The van der Waals surface area contributed by atoms with Gasteiger partial charge in [-0.05, 0) is 25.0 Å². The maximum absolute atomic E-state index is 12.5. The van der Waals surface area contributed by atoms with Crippen LogP contribution in [0.1, 0.15) is 12.8 Å². The van der Waals surface area contributed by atoms with Crippen molar-refractivity contribution in [2.45, 2.75) is 12.8 Å². The number of carbonyl (C=O) groups is 2. The zero-order valence-electron chi connectivity index (χ0n) is 12.3. The third kappa shape index (κ3) is 3.26. The highest BCUT2D eigenvalue weighted by molar-refractivity contribution is 5.93. The first-order chi connectivity index (χ1) is 10.0. The zero-order valence-corrected chi connectivity index (χ0v) is 12.3. The minimum Gasteiger partial charge on any atom is -0.495 e. The summed E-state index contributed by atoms with van der Waals surface area (Å²) in [6, 6.07) is 7.05. The van der Waals surface area contributed by atoms with Crippen molar-refractivity contribution in [3.05, 3.63) is 24.3 Å². The molecule has 0 aliphatic carbocycles. The molecule has 1 heterocycles. The molecule has 1 aliphatic heterocycles. The van der Waals surface area contributed by atoms with Crippen LogP contribution in [-0.4, -0.2) is 49.3 Å². The molecule has 21 heavy (non-hydrogen) atoms. The van der Waals surface area contributed by atoms with E-state index < -0.39 is 11.9 Å². The normalized spacial score (nSPS) is 18.2. The van der Waals surface area contributed by atoms with Gasteiger partial charge in [0.05, 0.1) is 18.7 Å². The lowest BCUT2D eigenvalue weighted by Crippen LogP contribution is -2.47. The number of carboxylic acids is 1. The number of rotatable bonds is 3. The van der Waals surface area contributed by atoms with Gasteiger partial charge in [-0.2, -0.15) is 0 Å². The fraction of sp³-hybridized carbons (Fsp3) is 0.467. The van der Waals surface area contributed by atoms with Gasteiger partial charge in [0, 0.05) is 20.1 Å². The van der Waals surface area contributed by atoms with E-state index in [4.69, 9.17) is 9.84 Å². The summed E-state index contributed by atoms with van der Waals surface area (Å²) >= 11 is 0. The van der Waals surface area contributed by atoms with Crippen molar-refractivity contribution in [3.63, 3.8) is 0 Å². The first kappa shape index (κ1) is 15.2. The number of benzene rings is 1. The molecule has 0 aromatic heterocycles. The number of piperidine rings is 1. The number of hydrogen-bond donors (Lipinski definition) is 1. The molecule has 1 unspecified atom stereocenters. The third-order valence-corrected chi connectivity index (χ3v) is 3.77. The number of methoxy groups -OCH3 is 1. The first-order valence-corrected chi connectivity index (χ1v) is 6.93. The Hall–Kier alpha value is -2.24. The largest absolute Gasteiger partial charge is 0.495 e. The number of carbonyl (C=O) groups excluding carboxylic acids is 1. The minimum absolute atomic E-state index is 0.203. The minimum atomic E-state index is -0.840. The number of hydrogen-bond acceptors (Lipinski definition) is 3. The van der Waals surface area contributed by atoms with E-state index in [0.717, 1.165) is 0 Å². The van der Waals surface area contributed by atoms with Crippen LogP contribution in [0.15, 0.2) is 24.3 Å². The van der Waals surface area contributed by atoms with Gasteiger partial charge in [0.25, 0.3) is 0 Å². The Bertz CT molecular complexity index is 532. The number of anilines is 1. The van der Waals surface area contributed by atoms with Crippen molar-refractivity contribution in [1.29, 1.82) is 0 Å². The highest BCUT2D eigenvalue weighted by atomic mass is 16.5. The number of ether oxygens (including phenoxy) is 1. The molecule has 1 aromatic rings. The quantitative estimate of drug-likeness (QED) is 0.925. The number of nitrogens with zero attached hydrogens (tertiary/aromatic N) is 2. The summed E-state index contributed by atoms with van der Waals surface area (Å²) in [6.07, 6.45) is 1.33. The van der Waals surface area contributed by atoms with Gasteiger partial charge in [0.1, 0.15) is 5.75 Å². The van der Waals surface area contributed by atoms with E-state index in [9.17, 15) is 9.59 Å². The third-order valence-electron chi connectivity index (χ3n) is 3.77. The number of likely N-dealkylation sites (tertiary alicyclic amines) is 1. The van der Waals surface area contributed by atoms with E-state index in [1.807, 2.05) is 12.1 Å². The van der Waals surface area contributed by atoms with Crippen LogP contribution in [0, 0.1) is 5.92 Å². The molecular weight excluding hydrogens is 272 g/mol. The highest BCUT2D eigenvalue weighted by Gasteiger charge is 2.30. The zero-order chi connectivity index (χ0) is 15.4. The van der Waals surface area contributed by atoms with Crippen LogP contribution in [0.4, 0.5) is 10.5 Å². The molecule has 2 rings (SSSR count). The summed E-state index contributed by atoms with van der Waals surface area (Å²) < 4.78 is 5.26. The van der Waals surface area contributed by atoms with Gasteiger partial charge in [-0.3, -0.25) is 9.69 Å². The standard InChI is InChI=1S/C15H20N2O4/c1-16(12-7-3-4-8-13(12)21-2)15(20)17-9-5-6-11(10-17)14(18)19/h3-4,7-8,11H,5-6,9-10H2,1-2H3,(H,18,19). The number of carboxylic acid groups (broad SMARTS) is 1. The van der Waals surface area contributed by atoms with E-state index in [1.165, 1.54) is 4.90 Å². The summed E-state index contributed by atoms with van der Waals surface area (Å²) in [7, 11) is 3.23. The molecule has 1 aliphatic rings. The van der Waals surface area contributed by atoms with E-state index in [1.54, 1.807) is 31.2 Å². The van der Waals surface area contributed by atoms with Gasteiger partial charge in [0.15, 0.2) is 0 Å². The van der Waals surface area contributed by atoms with Gasteiger partial charge in [0.2, 0.25) is 0 Å². The topological polar surface area (TPSA) is 70.1 Å². The van der Waals surface area contributed by atoms with Crippen molar-refractivity contribution in [1.82, 2.24) is 4.90 Å². The summed E-state index contributed by atoms with van der Waals surface area (Å²) in [5.74, 6) is -0.707. The average molecular weight is 292 g/mol. The molecular formula is C15H20N2O4. The second-order valence-corrected chi connectivity index (χ2v) is 5.14. The smallest absolute Gasteiger partial charge is 0.324 e. The number of amides is 2. The van der Waals surface area contributed by atoms with Gasteiger partial charge in [-0.1, -0.05) is 12.1 Å². The molecule has 2 amide bonds. The fourth-order valence-corrected chi connectivity index (χ4v) is 2.57. The van der Waals surface area contributed by atoms with Crippen LogP contribution < -0.4 is 9.64 Å². The average Bonchev–Trinajstić information content (AvgIpc) is 2.53. The molecule has 1 N–H and O–H groups in total. The van der Waals surface area contributed by atoms with Gasteiger partial charge in [-0.25, -0.2) is 4.79 Å². The molecule has 0 spiro atoms. The number of aliphatic carboxylic acids is 1. The lowest BCUT2D eigenvalue weighted by atomic mass is 9.98. The van der Waals surface area contributed by atoms with Crippen LogP contribution in [0.3, 0.4) is 0 Å². The summed E-state index contributed by atoms with van der Waals surface area (Å²) in [5.41, 5.74) is 0.669. The van der Waals surface area contributed by atoms with Crippen molar-refractivity contribution in [2.75, 3.05) is 32.1 Å². The Morgan fingerprint density at radius 3 is 2.76 bits per heavy atom. The maximum atomic E-state index is 12.5. The van der Waals surface area contributed by atoms with E-state index in [2.05, 4.69) is 0 Å². The molecule has 114 valence electrons. The van der Waals surface area contributed by atoms with Crippen LogP contribution in [0.2, 0.25) is 0 Å². The Kier molecular flexibility index (Phi) is 4.67. The predicted octanol–water partition coefficient (Wildman–Crippen LogP) is 2.05. The number of urea groups is 1. The Morgan fingerprint density at radius 2 is 2.10 bits per heavy atom. The molecule has 6 nitrogen and oxygen atoms in total. The molecule has 1 saturated heterocycles. The van der Waals surface area contributed by atoms with Crippen molar-refractivity contribution < 1.29 is 19.4 Å². The maximum Gasteiger partial charge on any atom is 0.324 e. The van der Waals surface area contributed by atoms with Crippen LogP contribution >= 0.6 is 0 Å². The molecule has 1 atom stereocenters. The predicted molar refractivity (Wildman–Crippen MR) is 78.7 cm³/mol. The SMILES string of the molecule is COc1ccccc1N(C)C(=O)N1CCCC(C(=O)O)C1. The van der Waals surface area contributed by atoms with Gasteiger partial charge in [-0.15, -0.1) is 0 Å². The Balaban J connectivity index is 2.13. The molecule has 1 aromatic carbocycles. The van der Waals surface area contributed by atoms with Gasteiger partial charge >= 0.3 is 12.0 Å². The Morgan fingerprint density at radius 1 is 1.38 bits per heavy atom. The second kappa shape index (κ2) is 6.47. The molecule has 0 radical (unpaired) electrons. The monoisotopic (exact) mass is 292 g/mol. The molecule has 0 saturated carbocycles.